The van der Waals surface area contributed by atoms with E-state index in [0.29, 0.717) is 18.8 Å². The van der Waals surface area contributed by atoms with Crippen molar-refractivity contribution in [2.75, 3.05) is 23.7 Å². The van der Waals surface area contributed by atoms with Crippen LogP contribution in [0.25, 0.3) is 0 Å². The fraction of sp³-hybridized carbons (Fsp3) is 0.278. The van der Waals surface area contributed by atoms with Gasteiger partial charge in [-0.05, 0) is 54.7 Å². The Morgan fingerprint density at radius 3 is 2.71 bits per heavy atom. The molecule has 1 heterocycles. The van der Waals surface area contributed by atoms with Crippen LogP contribution in [0.15, 0.2) is 42.6 Å². The summed E-state index contributed by atoms with van der Waals surface area (Å²) in [4.78, 5) is 27.9. The number of benzene rings is 1. The number of carbonyl (C=O) groups excluding carboxylic acids is 2. The Kier molecular flexibility index (Phi) is 5.05. The van der Waals surface area contributed by atoms with Crippen LogP contribution >= 0.6 is 0 Å². The van der Waals surface area contributed by atoms with Crippen molar-refractivity contribution < 1.29 is 9.59 Å². The average Bonchev–Trinajstić information content (AvgIpc) is 3.07. The van der Waals surface area contributed by atoms with Gasteiger partial charge in [-0.25, -0.2) is 4.98 Å². The summed E-state index contributed by atoms with van der Waals surface area (Å²) in [5.41, 5.74) is 3.26. The summed E-state index contributed by atoms with van der Waals surface area (Å²) >= 11 is 0. The molecule has 0 atom stereocenters. The maximum absolute atomic E-state index is 11.9. The second kappa shape index (κ2) is 7.59. The second-order valence-corrected chi connectivity index (χ2v) is 5.69. The molecule has 0 spiro atoms. The Balaban J connectivity index is 1.42. The average molecular weight is 324 g/mol. The fourth-order valence-corrected chi connectivity index (χ4v) is 2.75. The zero-order valence-corrected chi connectivity index (χ0v) is 13.3. The molecular weight excluding hydrogens is 304 g/mol. The summed E-state index contributed by atoms with van der Waals surface area (Å²) in [6, 6.07) is 11.4. The highest BCUT2D eigenvalue weighted by atomic mass is 16.2. The number of anilines is 2. The molecule has 1 aromatic carbocycles. The van der Waals surface area contributed by atoms with Gasteiger partial charge in [0.25, 0.3) is 0 Å². The zero-order chi connectivity index (χ0) is 16.8. The van der Waals surface area contributed by atoms with Crippen molar-refractivity contribution in [3.05, 3.63) is 53.7 Å². The summed E-state index contributed by atoms with van der Waals surface area (Å²) in [6.07, 6.45) is 4.96. The van der Waals surface area contributed by atoms with Crippen LogP contribution in [-0.2, 0) is 22.4 Å². The van der Waals surface area contributed by atoms with Gasteiger partial charge in [0.2, 0.25) is 0 Å². The molecule has 0 bridgehead atoms. The van der Waals surface area contributed by atoms with E-state index in [0.717, 1.165) is 25.1 Å². The quantitative estimate of drug-likeness (QED) is 0.578. The maximum Gasteiger partial charge on any atom is 0.313 e. The molecular formula is C18H20N4O2. The fourth-order valence-electron chi connectivity index (χ4n) is 2.75. The standard InChI is InChI=1S/C18H20N4O2/c23-17(21-11-10-20-16-6-1-2-9-19-16)18(24)22-15-8-7-13-4-3-5-14(13)12-15/h1-2,6-9,12H,3-5,10-11H2,(H,19,20)(H,21,23)(H,22,24). The van der Waals surface area contributed by atoms with E-state index in [1.807, 2.05) is 36.4 Å². The molecule has 0 aliphatic heterocycles. The lowest BCUT2D eigenvalue weighted by molar-refractivity contribution is -0.136. The molecule has 2 amide bonds. The summed E-state index contributed by atoms with van der Waals surface area (Å²) in [6.45, 7) is 0.835. The second-order valence-electron chi connectivity index (χ2n) is 5.69. The van der Waals surface area contributed by atoms with Gasteiger partial charge in [0.05, 0.1) is 0 Å². The van der Waals surface area contributed by atoms with Crippen LogP contribution in [0.2, 0.25) is 0 Å². The number of pyridine rings is 1. The zero-order valence-electron chi connectivity index (χ0n) is 13.3. The first kappa shape index (κ1) is 16.0. The van der Waals surface area contributed by atoms with E-state index in [2.05, 4.69) is 20.9 Å². The molecule has 3 rings (SSSR count). The normalized spacial score (nSPS) is 12.3. The van der Waals surface area contributed by atoms with Gasteiger partial charge in [0, 0.05) is 25.0 Å². The number of amides is 2. The van der Waals surface area contributed by atoms with E-state index in [1.54, 1.807) is 6.20 Å². The van der Waals surface area contributed by atoms with Crippen molar-refractivity contribution in [1.82, 2.24) is 10.3 Å². The topological polar surface area (TPSA) is 83.1 Å². The van der Waals surface area contributed by atoms with Crippen molar-refractivity contribution in [2.45, 2.75) is 19.3 Å². The number of nitrogens with one attached hydrogen (secondary N) is 3. The Hall–Kier alpha value is -2.89. The highest BCUT2D eigenvalue weighted by Crippen LogP contribution is 2.24. The molecule has 24 heavy (non-hydrogen) atoms. The molecule has 124 valence electrons. The minimum absolute atomic E-state index is 0.340. The van der Waals surface area contributed by atoms with Crippen molar-refractivity contribution >= 4 is 23.3 Å². The molecule has 1 aliphatic carbocycles. The lowest BCUT2D eigenvalue weighted by Crippen LogP contribution is -2.37. The predicted molar refractivity (Wildman–Crippen MR) is 92.8 cm³/mol. The molecule has 0 unspecified atom stereocenters. The van der Waals surface area contributed by atoms with Crippen LogP contribution in [0, 0.1) is 0 Å². The molecule has 6 heteroatoms. The van der Waals surface area contributed by atoms with Crippen LogP contribution in [0.1, 0.15) is 17.5 Å². The number of aromatic nitrogens is 1. The van der Waals surface area contributed by atoms with Gasteiger partial charge in [0.1, 0.15) is 5.82 Å². The number of fused-ring (bicyclic) bond motifs is 1. The van der Waals surface area contributed by atoms with Gasteiger partial charge >= 0.3 is 11.8 Å². The third-order valence-corrected chi connectivity index (χ3v) is 3.94. The Labute approximate surface area is 140 Å². The number of carbonyl (C=O) groups is 2. The van der Waals surface area contributed by atoms with E-state index in [4.69, 9.17) is 0 Å². The smallest absolute Gasteiger partial charge is 0.313 e. The van der Waals surface area contributed by atoms with Crippen molar-refractivity contribution in [1.29, 1.82) is 0 Å². The highest BCUT2D eigenvalue weighted by Gasteiger charge is 2.15. The first-order chi connectivity index (χ1) is 11.7. The van der Waals surface area contributed by atoms with Gasteiger partial charge in [-0.1, -0.05) is 12.1 Å². The van der Waals surface area contributed by atoms with Gasteiger partial charge in [0.15, 0.2) is 0 Å². The van der Waals surface area contributed by atoms with Crippen molar-refractivity contribution in [2.24, 2.45) is 0 Å². The summed E-state index contributed by atoms with van der Waals surface area (Å²) in [7, 11) is 0. The molecule has 0 saturated heterocycles. The third kappa shape index (κ3) is 4.10. The summed E-state index contributed by atoms with van der Waals surface area (Å²) < 4.78 is 0. The monoisotopic (exact) mass is 324 g/mol. The van der Waals surface area contributed by atoms with Crippen LogP contribution in [0.5, 0.6) is 0 Å². The lowest BCUT2D eigenvalue weighted by Gasteiger charge is -2.09. The number of aryl methyl sites for hydroxylation is 2. The Morgan fingerprint density at radius 1 is 1.00 bits per heavy atom. The number of hydrogen-bond donors (Lipinski definition) is 3. The largest absolute Gasteiger partial charge is 0.368 e. The number of hydrogen-bond acceptors (Lipinski definition) is 4. The molecule has 0 fully saturated rings. The Morgan fingerprint density at radius 2 is 1.88 bits per heavy atom. The predicted octanol–water partition coefficient (Wildman–Crippen LogP) is 1.74. The van der Waals surface area contributed by atoms with Gasteiger partial charge in [-0.2, -0.15) is 0 Å². The first-order valence-electron chi connectivity index (χ1n) is 8.08. The SMILES string of the molecule is O=C(NCCNc1ccccn1)C(=O)Nc1ccc2c(c1)CCC2. The molecule has 1 aromatic heterocycles. The van der Waals surface area contributed by atoms with Crippen LogP contribution in [0.3, 0.4) is 0 Å². The molecule has 0 saturated carbocycles. The molecule has 0 radical (unpaired) electrons. The minimum Gasteiger partial charge on any atom is -0.368 e. The minimum atomic E-state index is -0.647. The molecule has 6 nitrogen and oxygen atoms in total. The molecule has 3 N–H and O–H groups in total. The van der Waals surface area contributed by atoms with Gasteiger partial charge in [-0.15, -0.1) is 0 Å². The van der Waals surface area contributed by atoms with E-state index >= 15 is 0 Å². The number of nitrogens with zero attached hydrogens (tertiary/aromatic N) is 1. The summed E-state index contributed by atoms with van der Waals surface area (Å²) in [5.74, 6) is -0.557. The van der Waals surface area contributed by atoms with Gasteiger partial charge < -0.3 is 16.0 Å². The van der Waals surface area contributed by atoms with E-state index < -0.39 is 11.8 Å². The Bertz CT molecular complexity index is 731. The molecule has 1 aliphatic rings. The van der Waals surface area contributed by atoms with E-state index in [-0.39, 0.29) is 0 Å². The van der Waals surface area contributed by atoms with Crippen molar-refractivity contribution in [3.8, 4) is 0 Å². The summed E-state index contributed by atoms with van der Waals surface area (Å²) in [5, 5.41) is 8.29. The third-order valence-electron chi connectivity index (χ3n) is 3.94. The first-order valence-corrected chi connectivity index (χ1v) is 8.08. The maximum atomic E-state index is 11.9. The van der Waals surface area contributed by atoms with Crippen molar-refractivity contribution in [3.63, 3.8) is 0 Å². The number of rotatable bonds is 5. The van der Waals surface area contributed by atoms with Gasteiger partial charge in [-0.3, -0.25) is 9.59 Å². The van der Waals surface area contributed by atoms with E-state index in [9.17, 15) is 9.59 Å². The van der Waals surface area contributed by atoms with Crippen LogP contribution in [0.4, 0.5) is 11.5 Å². The van der Waals surface area contributed by atoms with E-state index in [1.165, 1.54) is 11.1 Å². The van der Waals surface area contributed by atoms with Crippen LogP contribution in [-0.4, -0.2) is 29.9 Å². The highest BCUT2D eigenvalue weighted by molar-refractivity contribution is 6.39. The lowest BCUT2D eigenvalue weighted by atomic mass is 10.1. The molecule has 2 aromatic rings. The van der Waals surface area contributed by atoms with Crippen LogP contribution < -0.4 is 16.0 Å².